The monoisotopic (exact) mass is 400 g/mol. The lowest BCUT2D eigenvalue weighted by Gasteiger charge is -2.09. The van der Waals surface area contributed by atoms with Gasteiger partial charge < -0.3 is 0 Å². The maximum absolute atomic E-state index is 13.8. The van der Waals surface area contributed by atoms with Crippen molar-refractivity contribution in [3.8, 4) is 5.69 Å². The third kappa shape index (κ3) is 2.31. The fraction of sp³-hybridized carbons (Fsp3) is 0.133. The molecule has 2 aromatic carbocycles. The molecule has 0 saturated carbocycles. The Labute approximate surface area is 134 Å². The number of hydrogen-bond acceptors (Lipinski definition) is 1. The van der Waals surface area contributed by atoms with E-state index in [1.165, 1.54) is 6.07 Å². The van der Waals surface area contributed by atoms with E-state index in [0.717, 1.165) is 20.3 Å². The Balaban J connectivity index is 2.30. The van der Waals surface area contributed by atoms with E-state index in [1.54, 1.807) is 13.0 Å². The lowest BCUT2D eigenvalue weighted by Crippen LogP contribution is -2.00. The lowest BCUT2D eigenvalue weighted by atomic mass is 10.2. The highest BCUT2D eigenvalue weighted by molar-refractivity contribution is 14.1. The van der Waals surface area contributed by atoms with Gasteiger partial charge in [-0.1, -0.05) is 6.07 Å². The van der Waals surface area contributed by atoms with Crippen molar-refractivity contribution in [2.75, 3.05) is 0 Å². The molecule has 0 aliphatic carbocycles. The Hall–Kier alpha value is -1.14. The van der Waals surface area contributed by atoms with Crippen molar-refractivity contribution in [2.24, 2.45) is 0 Å². The van der Waals surface area contributed by atoms with Gasteiger partial charge in [-0.2, -0.15) is 0 Å². The lowest BCUT2D eigenvalue weighted by molar-refractivity contribution is 0.617. The minimum absolute atomic E-state index is 0.226. The van der Waals surface area contributed by atoms with Crippen LogP contribution < -0.4 is 0 Å². The zero-order valence-corrected chi connectivity index (χ0v) is 13.6. The van der Waals surface area contributed by atoms with Gasteiger partial charge >= 0.3 is 0 Å². The average Bonchev–Trinajstić information content (AvgIpc) is 2.79. The van der Waals surface area contributed by atoms with Gasteiger partial charge in [-0.25, -0.2) is 9.37 Å². The molecule has 3 aromatic rings. The fourth-order valence-electron chi connectivity index (χ4n) is 2.20. The zero-order valence-electron chi connectivity index (χ0n) is 10.7. The molecule has 20 heavy (non-hydrogen) atoms. The second kappa shape index (κ2) is 5.33. The van der Waals surface area contributed by atoms with Crippen LogP contribution in [0.1, 0.15) is 11.4 Å². The Morgan fingerprint density at radius 3 is 2.75 bits per heavy atom. The van der Waals surface area contributed by atoms with Crippen molar-refractivity contribution in [1.29, 1.82) is 0 Å². The summed E-state index contributed by atoms with van der Waals surface area (Å²) < 4.78 is 16.8. The van der Waals surface area contributed by atoms with Gasteiger partial charge in [0.25, 0.3) is 0 Å². The SMILES string of the molecule is Cc1ccc(-n2c(CCl)nc3cc(I)ccc32)cc1F. The van der Waals surface area contributed by atoms with E-state index in [0.29, 0.717) is 11.4 Å². The van der Waals surface area contributed by atoms with Gasteiger partial charge in [-0.15, -0.1) is 11.6 Å². The Kier molecular flexibility index (Phi) is 3.69. The van der Waals surface area contributed by atoms with Crippen LogP contribution in [0.4, 0.5) is 4.39 Å². The van der Waals surface area contributed by atoms with Crippen LogP contribution in [-0.4, -0.2) is 9.55 Å². The van der Waals surface area contributed by atoms with Crippen LogP contribution in [0, 0.1) is 16.3 Å². The van der Waals surface area contributed by atoms with Gasteiger partial charge in [0, 0.05) is 3.57 Å². The maximum Gasteiger partial charge on any atom is 0.129 e. The second-order valence-electron chi connectivity index (χ2n) is 4.56. The number of nitrogens with zero attached hydrogens (tertiary/aromatic N) is 2. The first-order chi connectivity index (χ1) is 9.60. The summed E-state index contributed by atoms with van der Waals surface area (Å²) in [5.74, 6) is 0.767. The number of aryl methyl sites for hydroxylation is 1. The first kappa shape index (κ1) is 13.8. The van der Waals surface area contributed by atoms with Crippen LogP contribution >= 0.6 is 34.2 Å². The molecule has 0 fully saturated rings. The molecule has 1 heterocycles. The number of imidazole rings is 1. The fourth-order valence-corrected chi connectivity index (χ4v) is 2.86. The smallest absolute Gasteiger partial charge is 0.129 e. The minimum atomic E-state index is -0.226. The predicted octanol–water partition coefficient (Wildman–Crippen LogP) is 4.82. The van der Waals surface area contributed by atoms with Crippen molar-refractivity contribution >= 4 is 45.2 Å². The zero-order chi connectivity index (χ0) is 14.3. The molecule has 0 radical (unpaired) electrons. The normalized spacial score (nSPS) is 11.2. The molecule has 0 aliphatic rings. The van der Waals surface area contributed by atoms with Crippen LogP contribution in [0.2, 0.25) is 0 Å². The number of halogens is 3. The average molecular weight is 401 g/mol. The molecule has 0 bridgehead atoms. The van der Waals surface area contributed by atoms with Crippen LogP contribution in [0.5, 0.6) is 0 Å². The summed E-state index contributed by atoms with van der Waals surface area (Å²) >= 11 is 8.23. The molecule has 0 unspecified atom stereocenters. The summed E-state index contributed by atoms with van der Waals surface area (Å²) in [5.41, 5.74) is 3.17. The van der Waals surface area contributed by atoms with E-state index >= 15 is 0 Å². The number of hydrogen-bond donors (Lipinski definition) is 0. The van der Waals surface area contributed by atoms with E-state index < -0.39 is 0 Å². The van der Waals surface area contributed by atoms with E-state index in [1.807, 2.05) is 28.8 Å². The summed E-state index contributed by atoms with van der Waals surface area (Å²) in [4.78, 5) is 4.52. The third-order valence-electron chi connectivity index (χ3n) is 3.22. The molecular weight excluding hydrogens is 390 g/mol. The van der Waals surface area contributed by atoms with E-state index in [4.69, 9.17) is 11.6 Å². The summed E-state index contributed by atoms with van der Waals surface area (Å²) in [6, 6.07) is 11.1. The number of benzene rings is 2. The number of rotatable bonds is 2. The highest BCUT2D eigenvalue weighted by Gasteiger charge is 2.13. The topological polar surface area (TPSA) is 17.8 Å². The quantitative estimate of drug-likeness (QED) is 0.446. The van der Waals surface area contributed by atoms with Crippen LogP contribution in [0.3, 0.4) is 0 Å². The van der Waals surface area contributed by atoms with Crippen molar-refractivity contribution < 1.29 is 4.39 Å². The summed E-state index contributed by atoms with van der Waals surface area (Å²) in [5, 5.41) is 0. The van der Waals surface area contributed by atoms with Crippen LogP contribution in [0.15, 0.2) is 36.4 Å². The van der Waals surface area contributed by atoms with E-state index in [2.05, 4.69) is 27.6 Å². The van der Waals surface area contributed by atoms with Gasteiger partial charge in [-0.3, -0.25) is 4.57 Å². The largest absolute Gasteiger partial charge is 0.295 e. The maximum atomic E-state index is 13.8. The minimum Gasteiger partial charge on any atom is -0.295 e. The molecule has 0 spiro atoms. The molecule has 0 amide bonds. The molecule has 0 saturated heterocycles. The third-order valence-corrected chi connectivity index (χ3v) is 4.13. The number of aromatic nitrogens is 2. The molecule has 3 rings (SSSR count). The van der Waals surface area contributed by atoms with Gasteiger partial charge in [-0.05, 0) is 65.4 Å². The summed E-state index contributed by atoms with van der Waals surface area (Å²) in [6.45, 7) is 1.75. The summed E-state index contributed by atoms with van der Waals surface area (Å²) in [7, 11) is 0. The molecule has 5 heteroatoms. The van der Waals surface area contributed by atoms with Crippen molar-refractivity contribution in [2.45, 2.75) is 12.8 Å². The molecular formula is C15H11ClFIN2. The molecule has 0 N–H and O–H groups in total. The highest BCUT2D eigenvalue weighted by Crippen LogP contribution is 2.25. The highest BCUT2D eigenvalue weighted by atomic mass is 127. The van der Waals surface area contributed by atoms with Gasteiger partial charge in [0.1, 0.15) is 11.6 Å². The molecule has 0 aliphatic heterocycles. The number of fused-ring (bicyclic) bond motifs is 1. The second-order valence-corrected chi connectivity index (χ2v) is 6.08. The Bertz CT molecular complexity index is 798. The standard InChI is InChI=1S/C15H11ClFIN2/c1-9-2-4-11(7-12(9)17)20-14-5-3-10(18)6-13(14)19-15(20)8-16/h2-7H,8H2,1H3. The van der Waals surface area contributed by atoms with Gasteiger partial charge in [0.2, 0.25) is 0 Å². The number of alkyl halides is 1. The summed E-state index contributed by atoms with van der Waals surface area (Å²) in [6.07, 6.45) is 0. The van der Waals surface area contributed by atoms with Crippen molar-refractivity contribution in [1.82, 2.24) is 9.55 Å². The molecule has 0 atom stereocenters. The molecule has 102 valence electrons. The van der Waals surface area contributed by atoms with E-state index in [-0.39, 0.29) is 11.7 Å². The van der Waals surface area contributed by atoms with Crippen molar-refractivity contribution in [3.05, 3.63) is 57.2 Å². The van der Waals surface area contributed by atoms with Crippen LogP contribution in [0.25, 0.3) is 16.7 Å². The first-order valence-corrected chi connectivity index (χ1v) is 7.71. The van der Waals surface area contributed by atoms with Crippen molar-refractivity contribution in [3.63, 3.8) is 0 Å². The van der Waals surface area contributed by atoms with Crippen LogP contribution in [-0.2, 0) is 5.88 Å². The van der Waals surface area contributed by atoms with Gasteiger partial charge in [0.15, 0.2) is 0 Å². The Morgan fingerprint density at radius 1 is 1.25 bits per heavy atom. The predicted molar refractivity (Wildman–Crippen MR) is 88.0 cm³/mol. The Morgan fingerprint density at radius 2 is 2.05 bits per heavy atom. The van der Waals surface area contributed by atoms with E-state index in [9.17, 15) is 4.39 Å². The first-order valence-electron chi connectivity index (χ1n) is 6.09. The molecule has 1 aromatic heterocycles. The molecule has 2 nitrogen and oxygen atoms in total. The van der Waals surface area contributed by atoms with Gasteiger partial charge in [0.05, 0.1) is 22.6 Å².